The lowest BCUT2D eigenvalue weighted by Gasteiger charge is -2.37. The number of halogens is 1. The van der Waals surface area contributed by atoms with E-state index in [2.05, 4.69) is 13.5 Å². The van der Waals surface area contributed by atoms with Gasteiger partial charge in [-0.25, -0.2) is 0 Å². The molecular weight excluding hydrogens is 314 g/mol. The lowest BCUT2D eigenvalue weighted by atomic mass is 9.96. The topological polar surface area (TPSA) is 20.3 Å². The summed E-state index contributed by atoms with van der Waals surface area (Å²) in [7, 11) is 0. The average Bonchev–Trinajstić information content (AvgIpc) is 2.52. The van der Waals surface area contributed by atoms with Crippen molar-refractivity contribution in [3.63, 3.8) is 0 Å². The van der Waals surface area contributed by atoms with Gasteiger partial charge in [-0.05, 0) is 40.5 Å². The van der Waals surface area contributed by atoms with Gasteiger partial charge in [0.15, 0.2) is 0 Å². The number of carbonyl (C=O) groups excluding carboxylic acids is 1. The van der Waals surface area contributed by atoms with Gasteiger partial charge in [-0.3, -0.25) is 4.79 Å². The fraction of sp³-hybridized carbons (Fsp3) is 0.389. The molecule has 1 amide bonds. The highest BCUT2D eigenvalue weighted by Gasteiger charge is 2.29. The predicted molar refractivity (Wildman–Crippen MR) is 98.0 cm³/mol. The summed E-state index contributed by atoms with van der Waals surface area (Å²) < 4.78 is 0. The van der Waals surface area contributed by atoms with Crippen LogP contribution in [0.4, 0.5) is 0 Å². The van der Waals surface area contributed by atoms with Gasteiger partial charge in [0.25, 0.3) is 0 Å². The van der Waals surface area contributed by atoms with Gasteiger partial charge in [-0.15, -0.1) is 11.8 Å². The summed E-state index contributed by atoms with van der Waals surface area (Å²) in [6.45, 7) is 12.2. The van der Waals surface area contributed by atoms with E-state index in [1.807, 2.05) is 48.4 Å². The van der Waals surface area contributed by atoms with Crippen molar-refractivity contribution in [2.75, 3.05) is 6.54 Å². The Morgan fingerprint density at radius 3 is 2.45 bits per heavy atom. The Hall–Kier alpha value is -1.19. The number of thioether (sulfide) groups is 1. The summed E-state index contributed by atoms with van der Waals surface area (Å²) in [6, 6.07) is 7.83. The smallest absolute Gasteiger partial charge is 0.220 e. The molecule has 0 radical (unpaired) electrons. The fourth-order valence-corrected chi connectivity index (χ4v) is 3.32. The highest BCUT2D eigenvalue weighted by atomic mass is 35.5. The highest BCUT2D eigenvalue weighted by molar-refractivity contribution is 8.05. The monoisotopic (exact) mass is 337 g/mol. The second-order valence-electron chi connectivity index (χ2n) is 4.91. The van der Waals surface area contributed by atoms with Crippen LogP contribution in [0.1, 0.15) is 45.7 Å². The maximum absolute atomic E-state index is 11.9. The highest BCUT2D eigenvalue weighted by Crippen LogP contribution is 2.39. The molecule has 0 fully saturated rings. The molecule has 22 heavy (non-hydrogen) atoms. The van der Waals surface area contributed by atoms with Crippen LogP contribution in [0.15, 0.2) is 46.7 Å². The summed E-state index contributed by atoms with van der Waals surface area (Å²) >= 11 is 7.60. The number of amides is 1. The minimum Gasteiger partial charge on any atom is -0.332 e. The van der Waals surface area contributed by atoms with Crippen LogP contribution in [-0.4, -0.2) is 17.4 Å². The molecule has 0 bridgehead atoms. The molecule has 0 spiro atoms. The van der Waals surface area contributed by atoms with E-state index in [1.54, 1.807) is 18.7 Å². The Labute approximate surface area is 143 Å². The molecule has 0 aliphatic carbocycles. The molecule has 0 aromatic heterocycles. The van der Waals surface area contributed by atoms with Crippen molar-refractivity contribution in [1.82, 2.24) is 4.90 Å². The Morgan fingerprint density at radius 1 is 1.36 bits per heavy atom. The molecule has 1 aromatic rings. The maximum atomic E-state index is 11.9. The zero-order valence-electron chi connectivity index (χ0n) is 13.7. The van der Waals surface area contributed by atoms with Gasteiger partial charge in [0, 0.05) is 24.9 Å². The zero-order valence-corrected chi connectivity index (χ0v) is 15.3. The summed E-state index contributed by atoms with van der Waals surface area (Å²) in [5.74, 6) is 0.104. The number of benzene rings is 1. The van der Waals surface area contributed by atoms with E-state index in [4.69, 9.17) is 11.6 Å². The molecule has 0 saturated heterocycles. The first-order valence-electron chi connectivity index (χ1n) is 7.51. The van der Waals surface area contributed by atoms with Crippen LogP contribution in [-0.2, 0) is 4.79 Å². The van der Waals surface area contributed by atoms with Gasteiger partial charge in [-0.2, -0.15) is 0 Å². The molecule has 1 aliphatic rings. The molecule has 0 N–H and O–H groups in total. The van der Waals surface area contributed by atoms with Crippen LogP contribution >= 0.6 is 23.4 Å². The lowest BCUT2D eigenvalue weighted by molar-refractivity contribution is -0.131. The predicted octanol–water partition coefficient (Wildman–Crippen LogP) is 5.81. The Bertz CT molecular complexity index is 551. The van der Waals surface area contributed by atoms with Crippen molar-refractivity contribution in [2.45, 2.75) is 40.2 Å². The number of nitrogens with zero attached hydrogens (tertiary/aromatic N) is 1. The molecule has 1 atom stereocenters. The van der Waals surface area contributed by atoms with E-state index in [0.717, 1.165) is 12.0 Å². The first-order chi connectivity index (χ1) is 10.5. The first-order valence-corrected chi connectivity index (χ1v) is 8.77. The van der Waals surface area contributed by atoms with Crippen molar-refractivity contribution in [1.29, 1.82) is 0 Å². The largest absolute Gasteiger partial charge is 0.332 e. The third kappa shape index (κ3) is 4.65. The standard InChI is InChI=1S/C16H18ClNOS.C2H6/c1-4-20-16-9-15(13-5-7-14(17)8-6-13)18(12(3)19)10-11(16)2;1-2/h4-8,15H,1,9-10H2,2-3H3;1-2H3. The van der Waals surface area contributed by atoms with Crippen molar-refractivity contribution < 1.29 is 4.79 Å². The second-order valence-corrected chi connectivity index (χ2v) is 6.40. The summed E-state index contributed by atoms with van der Waals surface area (Å²) in [4.78, 5) is 15.1. The number of rotatable bonds is 3. The molecule has 1 heterocycles. The first kappa shape index (κ1) is 18.9. The summed E-state index contributed by atoms with van der Waals surface area (Å²) in [5, 5.41) is 2.56. The lowest BCUT2D eigenvalue weighted by Crippen LogP contribution is -2.37. The Morgan fingerprint density at radius 2 is 1.95 bits per heavy atom. The quantitative estimate of drug-likeness (QED) is 0.693. The molecule has 120 valence electrons. The van der Waals surface area contributed by atoms with Gasteiger partial charge >= 0.3 is 0 Å². The van der Waals surface area contributed by atoms with E-state index < -0.39 is 0 Å². The van der Waals surface area contributed by atoms with Crippen LogP contribution in [0, 0.1) is 0 Å². The van der Waals surface area contributed by atoms with Crippen molar-refractivity contribution >= 4 is 29.3 Å². The maximum Gasteiger partial charge on any atom is 0.220 e. The third-order valence-electron chi connectivity index (χ3n) is 3.52. The zero-order chi connectivity index (χ0) is 16.7. The van der Waals surface area contributed by atoms with E-state index in [1.165, 1.54) is 10.5 Å². The molecule has 2 nitrogen and oxygen atoms in total. The minimum atomic E-state index is 0.0796. The average molecular weight is 338 g/mol. The van der Waals surface area contributed by atoms with Gasteiger partial charge in [0.05, 0.1) is 6.04 Å². The summed E-state index contributed by atoms with van der Waals surface area (Å²) in [6.07, 6.45) is 0.837. The molecular formula is C18H24ClNOS. The van der Waals surface area contributed by atoms with E-state index in [-0.39, 0.29) is 11.9 Å². The van der Waals surface area contributed by atoms with Gasteiger partial charge < -0.3 is 4.90 Å². The van der Waals surface area contributed by atoms with E-state index >= 15 is 0 Å². The van der Waals surface area contributed by atoms with Crippen LogP contribution in [0.5, 0.6) is 0 Å². The molecule has 0 saturated carbocycles. The van der Waals surface area contributed by atoms with Crippen molar-refractivity contribution in [3.8, 4) is 0 Å². The Balaban J connectivity index is 0.00000116. The fourth-order valence-electron chi connectivity index (χ4n) is 2.48. The number of carbonyl (C=O) groups is 1. The van der Waals surface area contributed by atoms with Crippen LogP contribution in [0.2, 0.25) is 5.02 Å². The van der Waals surface area contributed by atoms with Gasteiger partial charge in [0.1, 0.15) is 0 Å². The van der Waals surface area contributed by atoms with Crippen LogP contribution < -0.4 is 0 Å². The molecule has 1 aromatic carbocycles. The minimum absolute atomic E-state index is 0.0796. The molecule has 1 unspecified atom stereocenters. The third-order valence-corrected chi connectivity index (χ3v) is 4.74. The van der Waals surface area contributed by atoms with Crippen molar-refractivity contribution in [2.24, 2.45) is 0 Å². The number of hydrogen-bond acceptors (Lipinski definition) is 2. The Kier molecular flexibility index (Phi) is 7.77. The molecule has 1 aliphatic heterocycles. The normalized spacial score (nSPS) is 17.7. The summed E-state index contributed by atoms with van der Waals surface area (Å²) in [5.41, 5.74) is 2.37. The molecule has 2 rings (SSSR count). The van der Waals surface area contributed by atoms with Gasteiger partial charge in [-0.1, -0.05) is 44.2 Å². The van der Waals surface area contributed by atoms with E-state index in [9.17, 15) is 4.79 Å². The van der Waals surface area contributed by atoms with Crippen molar-refractivity contribution in [3.05, 3.63) is 57.3 Å². The van der Waals surface area contributed by atoms with E-state index in [0.29, 0.717) is 11.6 Å². The SMILES string of the molecule is C=CSC1=C(C)CN(C(C)=O)C(c2ccc(Cl)cc2)C1.CC. The second kappa shape index (κ2) is 9.06. The van der Waals surface area contributed by atoms with Gasteiger partial charge in [0.2, 0.25) is 5.91 Å². The van der Waals surface area contributed by atoms with Crippen LogP contribution in [0.3, 0.4) is 0 Å². The number of hydrogen-bond donors (Lipinski definition) is 0. The van der Waals surface area contributed by atoms with Crippen LogP contribution in [0.25, 0.3) is 0 Å². The molecule has 4 heteroatoms.